The Labute approximate surface area is 260 Å². The average Bonchev–Trinajstić information content (AvgIpc) is 3.44. The first-order valence-electron chi connectivity index (χ1n) is 14.0. The first-order valence-corrected chi connectivity index (χ1v) is 14.7. The van der Waals surface area contributed by atoms with Gasteiger partial charge in [-0.15, -0.1) is 0 Å². The fourth-order valence-electron chi connectivity index (χ4n) is 5.15. The number of hydrogen-bond donors (Lipinski definition) is 2. The Morgan fingerprint density at radius 1 is 1.21 bits per heavy atom. The molecule has 1 atom stereocenters. The maximum Gasteiger partial charge on any atom is 0.261 e. The molecule has 2 aromatic heterocycles. The van der Waals surface area contributed by atoms with Crippen LogP contribution in [0, 0.1) is 17.2 Å². The molecule has 0 spiro atoms. The quantitative estimate of drug-likeness (QED) is 0.232. The predicted octanol–water partition coefficient (Wildman–Crippen LogP) is 4.51. The van der Waals surface area contributed by atoms with Crippen molar-refractivity contribution in [2.24, 2.45) is 5.92 Å². The van der Waals surface area contributed by atoms with E-state index in [4.69, 9.17) is 32.7 Å². The molecule has 0 saturated carbocycles. The van der Waals surface area contributed by atoms with Gasteiger partial charge in [-0.05, 0) is 31.4 Å². The minimum Gasteiger partial charge on any atom is -0.495 e. The number of carbonyl (C=O) groups excluding carboxylic acids is 1. The van der Waals surface area contributed by atoms with Crippen LogP contribution in [0.4, 0.5) is 5.95 Å². The number of amides is 1. The van der Waals surface area contributed by atoms with E-state index in [-0.39, 0.29) is 44.6 Å². The molecule has 13 heteroatoms. The van der Waals surface area contributed by atoms with Crippen molar-refractivity contribution < 1.29 is 14.3 Å². The molecule has 3 aromatic rings. The van der Waals surface area contributed by atoms with E-state index in [1.54, 1.807) is 36.0 Å². The van der Waals surface area contributed by atoms with Crippen molar-refractivity contribution in [1.82, 2.24) is 24.8 Å². The van der Waals surface area contributed by atoms with Crippen molar-refractivity contribution in [3.05, 3.63) is 50.4 Å². The first kappa shape index (κ1) is 32.1. The minimum absolute atomic E-state index is 0.0541. The number of halogens is 2. The van der Waals surface area contributed by atoms with E-state index >= 15 is 0 Å². The molecule has 1 fully saturated rings. The molecule has 0 radical (unpaired) electrons. The number of rotatable bonds is 11. The van der Waals surface area contributed by atoms with Gasteiger partial charge in [0.25, 0.3) is 11.5 Å². The number of ether oxygens (including phenoxy) is 2. The second kappa shape index (κ2) is 14.1. The van der Waals surface area contributed by atoms with E-state index in [1.807, 2.05) is 19.9 Å². The van der Waals surface area contributed by atoms with Crippen molar-refractivity contribution in [3.63, 3.8) is 0 Å². The number of pyridine rings is 1. The van der Waals surface area contributed by atoms with Crippen LogP contribution in [-0.2, 0) is 11.3 Å². The molecule has 1 saturated heterocycles. The molecule has 1 amide bonds. The number of nitrogens with zero attached hydrogens (tertiary/aromatic N) is 5. The number of nitriles is 1. The predicted molar refractivity (Wildman–Crippen MR) is 168 cm³/mol. The van der Waals surface area contributed by atoms with Crippen molar-refractivity contribution in [2.75, 3.05) is 46.2 Å². The second-order valence-electron chi connectivity index (χ2n) is 10.6. The van der Waals surface area contributed by atoms with Gasteiger partial charge < -0.3 is 25.0 Å². The highest BCUT2D eigenvalue weighted by molar-refractivity contribution is 6.41. The number of hydrogen-bond acceptors (Lipinski definition) is 9. The third-order valence-electron chi connectivity index (χ3n) is 7.22. The van der Waals surface area contributed by atoms with Crippen LogP contribution >= 0.6 is 23.2 Å². The van der Waals surface area contributed by atoms with Gasteiger partial charge in [-0.1, -0.05) is 43.1 Å². The summed E-state index contributed by atoms with van der Waals surface area (Å²) in [5.74, 6) is 0.787. The number of aryl methyl sites for hydroxylation is 1. The number of anilines is 1. The van der Waals surface area contributed by atoms with Crippen molar-refractivity contribution >= 4 is 46.1 Å². The molecule has 11 nitrogen and oxygen atoms in total. The van der Waals surface area contributed by atoms with Gasteiger partial charge in [-0.25, -0.2) is 4.98 Å². The van der Waals surface area contributed by atoms with Crippen LogP contribution in [0.15, 0.2) is 34.8 Å². The Hall–Kier alpha value is -3.85. The number of aromatic nitrogens is 3. The van der Waals surface area contributed by atoms with Crippen LogP contribution in [-0.4, -0.2) is 72.3 Å². The summed E-state index contributed by atoms with van der Waals surface area (Å²) in [5.41, 5.74) is 0.866. The lowest BCUT2D eigenvalue weighted by Crippen LogP contribution is -2.38. The van der Waals surface area contributed by atoms with Crippen molar-refractivity contribution in [3.8, 4) is 28.7 Å². The Balaban J connectivity index is 1.60. The van der Waals surface area contributed by atoms with E-state index in [0.29, 0.717) is 60.1 Å². The molecule has 0 bridgehead atoms. The maximum atomic E-state index is 14.0. The number of allylic oxidation sites excluding steroid dienone is 1. The zero-order valence-corrected chi connectivity index (χ0v) is 26.3. The molecule has 0 aliphatic carbocycles. The molecular weight excluding hydrogens is 593 g/mol. The van der Waals surface area contributed by atoms with Crippen molar-refractivity contribution in [1.29, 1.82) is 5.26 Å². The lowest BCUT2D eigenvalue weighted by molar-refractivity contribution is -0.117. The zero-order valence-electron chi connectivity index (χ0n) is 24.8. The summed E-state index contributed by atoms with van der Waals surface area (Å²) in [5, 5.41) is 16.3. The third kappa shape index (κ3) is 7.04. The first-order chi connectivity index (χ1) is 20.6. The van der Waals surface area contributed by atoms with Gasteiger partial charge >= 0.3 is 0 Å². The molecule has 1 unspecified atom stereocenters. The van der Waals surface area contributed by atoms with Gasteiger partial charge in [0.1, 0.15) is 28.8 Å². The molecule has 3 heterocycles. The number of likely N-dealkylation sites (tertiary alicyclic amines) is 1. The van der Waals surface area contributed by atoms with Crippen molar-refractivity contribution in [2.45, 2.75) is 39.3 Å². The fraction of sp³-hybridized carbons (Fsp3) is 0.433. The number of benzene rings is 1. The smallest absolute Gasteiger partial charge is 0.261 e. The molecule has 4 rings (SSSR count). The van der Waals surface area contributed by atoms with Crippen LogP contribution < -0.4 is 25.7 Å². The Morgan fingerprint density at radius 3 is 2.51 bits per heavy atom. The zero-order chi connectivity index (χ0) is 31.3. The minimum atomic E-state index is -0.343. The van der Waals surface area contributed by atoms with Gasteiger partial charge in [-0.2, -0.15) is 10.2 Å². The summed E-state index contributed by atoms with van der Waals surface area (Å²) in [6.07, 6.45) is 4.72. The number of carbonyl (C=O) groups is 1. The third-order valence-corrected chi connectivity index (χ3v) is 7.97. The summed E-state index contributed by atoms with van der Waals surface area (Å²) >= 11 is 13.4. The van der Waals surface area contributed by atoms with Gasteiger partial charge in [0, 0.05) is 55.9 Å². The lowest BCUT2D eigenvalue weighted by atomic mass is 10.0. The van der Waals surface area contributed by atoms with Crippen LogP contribution in [0.1, 0.15) is 26.7 Å². The van der Waals surface area contributed by atoms with E-state index < -0.39 is 0 Å². The summed E-state index contributed by atoms with van der Waals surface area (Å²) in [6.45, 7) is 6.35. The van der Waals surface area contributed by atoms with E-state index in [2.05, 4.69) is 25.5 Å². The van der Waals surface area contributed by atoms with E-state index in [0.717, 1.165) is 13.0 Å². The summed E-state index contributed by atoms with van der Waals surface area (Å²) < 4.78 is 12.4. The number of nitrogens with one attached hydrogen (secondary N) is 2. The largest absolute Gasteiger partial charge is 0.495 e. The van der Waals surface area contributed by atoms with Crippen LogP contribution in [0.2, 0.25) is 10.0 Å². The average molecular weight is 629 g/mol. The van der Waals surface area contributed by atoms with Crippen LogP contribution in [0.3, 0.4) is 0 Å². The maximum absolute atomic E-state index is 14.0. The molecule has 1 aliphatic heterocycles. The standard InChI is InChI=1S/C30H35Cl2N7O4/c1-17(2)11-18(14-33)28(40)36-20-7-10-38(16-20)8-6-9-39-27-19(15-35-30(34-3)37-27)12-21(29(39)41)24-25(31)22(42-4)13-23(43-5)26(24)32/h11-13,15,17,20H,6-10,16H2,1-5H3,(H,36,40)(H,34,35,37). The molecule has 1 aromatic carbocycles. The van der Waals surface area contributed by atoms with E-state index in [9.17, 15) is 14.9 Å². The van der Waals surface area contributed by atoms with Gasteiger partial charge in [0.05, 0.1) is 29.8 Å². The monoisotopic (exact) mass is 627 g/mol. The molecular formula is C30H35Cl2N7O4. The Kier molecular flexibility index (Phi) is 10.5. The second-order valence-corrected chi connectivity index (χ2v) is 11.3. The van der Waals surface area contributed by atoms with Gasteiger partial charge in [0.2, 0.25) is 5.95 Å². The van der Waals surface area contributed by atoms with Gasteiger partial charge in [0.15, 0.2) is 0 Å². The topological polar surface area (TPSA) is 134 Å². The summed E-state index contributed by atoms with van der Waals surface area (Å²) in [6, 6.07) is 5.19. The highest BCUT2D eigenvalue weighted by Gasteiger charge is 2.26. The van der Waals surface area contributed by atoms with E-state index in [1.165, 1.54) is 14.2 Å². The fourth-order valence-corrected chi connectivity index (χ4v) is 5.86. The molecule has 228 valence electrons. The SMILES string of the molecule is CNc1ncc2cc(-c3c(Cl)c(OC)cc(OC)c3Cl)c(=O)n(CCCN3CCC(NC(=O)C(C#N)=CC(C)C)C3)c2n1. The summed E-state index contributed by atoms with van der Waals surface area (Å²) in [4.78, 5) is 37.7. The number of methoxy groups -OCH3 is 2. The normalized spacial score (nSPS) is 15.5. The summed E-state index contributed by atoms with van der Waals surface area (Å²) in [7, 11) is 4.66. The van der Waals surface area contributed by atoms with Crippen LogP contribution in [0.5, 0.6) is 11.5 Å². The van der Waals surface area contributed by atoms with Crippen LogP contribution in [0.25, 0.3) is 22.2 Å². The molecule has 1 aliphatic rings. The Morgan fingerprint density at radius 2 is 1.91 bits per heavy atom. The molecule has 43 heavy (non-hydrogen) atoms. The Bertz CT molecular complexity index is 1620. The lowest BCUT2D eigenvalue weighted by Gasteiger charge is -2.19. The highest BCUT2D eigenvalue weighted by atomic mass is 35.5. The number of fused-ring (bicyclic) bond motifs is 1. The van der Waals surface area contributed by atoms with Gasteiger partial charge in [-0.3, -0.25) is 14.2 Å². The highest BCUT2D eigenvalue weighted by Crippen LogP contribution is 2.45. The molecule has 2 N–H and O–H groups in total.